The fourth-order valence-corrected chi connectivity index (χ4v) is 2.54. The van der Waals surface area contributed by atoms with Crippen LogP contribution in [-0.4, -0.2) is 19.7 Å². The zero-order chi connectivity index (χ0) is 15.9. The second-order valence-electron chi connectivity index (χ2n) is 6.44. The number of hydrogen-bond donors (Lipinski definition) is 1. The lowest BCUT2D eigenvalue weighted by Crippen LogP contribution is -2.23. The van der Waals surface area contributed by atoms with Crippen LogP contribution < -0.4 is 5.73 Å². The van der Waals surface area contributed by atoms with Gasteiger partial charge in [-0.3, -0.25) is 0 Å². The van der Waals surface area contributed by atoms with Gasteiger partial charge in [-0.2, -0.15) is 5.10 Å². The van der Waals surface area contributed by atoms with Gasteiger partial charge in [0, 0.05) is 5.56 Å². The number of nitrogens with two attached hydrogens (primary N) is 1. The molecule has 0 spiro atoms. The van der Waals surface area contributed by atoms with E-state index in [4.69, 9.17) is 10.8 Å². The summed E-state index contributed by atoms with van der Waals surface area (Å²) in [6.45, 7) is 8.44. The maximum atomic E-state index is 6.10. The third-order valence-corrected chi connectivity index (χ3v) is 3.77. The number of aryl methyl sites for hydroxylation is 1. The van der Waals surface area contributed by atoms with Crippen LogP contribution >= 0.6 is 0 Å². The van der Waals surface area contributed by atoms with E-state index in [0.29, 0.717) is 5.82 Å². The average Bonchev–Trinajstić information content (AvgIpc) is 2.88. The van der Waals surface area contributed by atoms with Crippen LogP contribution in [0.15, 0.2) is 30.6 Å². The molecule has 2 aromatic heterocycles. The molecule has 22 heavy (non-hydrogen) atoms. The summed E-state index contributed by atoms with van der Waals surface area (Å²) in [6.07, 6.45) is 2.51. The van der Waals surface area contributed by atoms with Gasteiger partial charge in [-0.05, 0) is 32.8 Å². The van der Waals surface area contributed by atoms with Crippen molar-refractivity contribution in [2.75, 3.05) is 5.73 Å². The Kier molecular flexibility index (Phi) is 3.35. The number of aromatic nitrogens is 4. The first-order valence-corrected chi connectivity index (χ1v) is 7.51. The topological polar surface area (TPSA) is 69.6 Å². The lowest BCUT2D eigenvalue weighted by atomic mass is 10.1. The highest BCUT2D eigenvalue weighted by atomic mass is 15.3. The number of fused-ring (bicyclic) bond motifs is 1. The number of benzene rings is 1. The van der Waals surface area contributed by atoms with Gasteiger partial charge < -0.3 is 5.73 Å². The second kappa shape index (κ2) is 5.09. The molecule has 114 valence electrons. The number of nitrogens with zero attached hydrogens (tertiary/aromatic N) is 4. The van der Waals surface area contributed by atoms with E-state index in [1.807, 2.05) is 4.68 Å². The Hall–Kier alpha value is -2.43. The molecule has 0 saturated carbocycles. The Labute approximate surface area is 130 Å². The summed E-state index contributed by atoms with van der Waals surface area (Å²) in [6, 6.07) is 8.41. The molecule has 5 heteroatoms. The zero-order valence-corrected chi connectivity index (χ0v) is 13.5. The highest BCUT2D eigenvalue weighted by molar-refractivity contribution is 5.98. The van der Waals surface area contributed by atoms with Gasteiger partial charge in [0.1, 0.15) is 17.8 Å². The maximum Gasteiger partial charge on any atom is 0.164 e. The molecule has 0 unspecified atom stereocenters. The van der Waals surface area contributed by atoms with Crippen molar-refractivity contribution in [3.05, 3.63) is 36.2 Å². The molecule has 1 aromatic carbocycles. The smallest absolute Gasteiger partial charge is 0.164 e. The molecule has 0 radical (unpaired) electrons. The molecule has 2 N–H and O–H groups in total. The fourth-order valence-electron chi connectivity index (χ4n) is 2.54. The lowest BCUT2D eigenvalue weighted by Gasteiger charge is -2.19. The summed E-state index contributed by atoms with van der Waals surface area (Å²) in [4.78, 5) is 8.53. The van der Waals surface area contributed by atoms with Gasteiger partial charge in [-0.25, -0.2) is 14.6 Å². The fraction of sp³-hybridized carbons (Fsp3) is 0.353. The van der Waals surface area contributed by atoms with E-state index < -0.39 is 0 Å². The van der Waals surface area contributed by atoms with Crippen LogP contribution in [0.25, 0.3) is 22.3 Å². The monoisotopic (exact) mass is 295 g/mol. The van der Waals surface area contributed by atoms with Crippen LogP contribution in [-0.2, 0) is 12.0 Å². The molecular formula is C17H21N5. The van der Waals surface area contributed by atoms with Crippen molar-refractivity contribution in [1.82, 2.24) is 19.7 Å². The second-order valence-corrected chi connectivity index (χ2v) is 6.44. The third-order valence-electron chi connectivity index (χ3n) is 3.77. The quantitative estimate of drug-likeness (QED) is 0.786. The summed E-state index contributed by atoms with van der Waals surface area (Å²) in [5.74, 6) is 0.468. The minimum Gasteiger partial charge on any atom is -0.383 e. The molecule has 0 aliphatic carbocycles. The van der Waals surface area contributed by atoms with E-state index >= 15 is 0 Å². The van der Waals surface area contributed by atoms with Gasteiger partial charge in [0.05, 0.1) is 10.9 Å². The lowest BCUT2D eigenvalue weighted by molar-refractivity contribution is 0.367. The van der Waals surface area contributed by atoms with Gasteiger partial charge >= 0.3 is 0 Å². The normalized spacial score (nSPS) is 12.0. The van der Waals surface area contributed by atoms with Crippen molar-refractivity contribution in [3.8, 4) is 11.3 Å². The summed E-state index contributed by atoms with van der Waals surface area (Å²) in [7, 11) is 0. The van der Waals surface area contributed by atoms with Crippen molar-refractivity contribution >= 4 is 16.9 Å². The van der Waals surface area contributed by atoms with Crippen LogP contribution in [0.3, 0.4) is 0 Å². The molecule has 0 fully saturated rings. The highest BCUT2D eigenvalue weighted by Crippen LogP contribution is 2.32. The molecule has 5 nitrogen and oxygen atoms in total. The van der Waals surface area contributed by atoms with Crippen molar-refractivity contribution in [2.24, 2.45) is 0 Å². The minimum absolute atomic E-state index is 0.180. The SMILES string of the molecule is CCc1ccc(-c2nn(C(C)(C)C)c3ncnc(N)c23)cc1. The zero-order valence-electron chi connectivity index (χ0n) is 13.5. The molecule has 0 amide bonds. The van der Waals surface area contributed by atoms with Gasteiger partial charge in [-0.15, -0.1) is 0 Å². The first-order chi connectivity index (χ1) is 10.4. The van der Waals surface area contributed by atoms with Crippen LogP contribution in [0.4, 0.5) is 5.82 Å². The van der Waals surface area contributed by atoms with Crippen molar-refractivity contribution < 1.29 is 0 Å². The predicted octanol–water partition coefficient (Wildman–Crippen LogP) is 3.39. The van der Waals surface area contributed by atoms with Gasteiger partial charge in [0.2, 0.25) is 0 Å². The maximum absolute atomic E-state index is 6.10. The van der Waals surface area contributed by atoms with Crippen LogP contribution in [0.2, 0.25) is 0 Å². The van der Waals surface area contributed by atoms with Gasteiger partial charge in [0.15, 0.2) is 5.65 Å². The number of nitrogen functional groups attached to an aromatic ring is 1. The largest absolute Gasteiger partial charge is 0.383 e. The first kappa shape index (κ1) is 14.5. The Morgan fingerprint density at radius 2 is 1.77 bits per heavy atom. The number of anilines is 1. The number of hydrogen-bond acceptors (Lipinski definition) is 4. The van der Waals surface area contributed by atoms with Crippen molar-refractivity contribution in [3.63, 3.8) is 0 Å². The molecule has 0 saturated heterocycles. The van der Waals surface area contributed by atoms with E-state index in [0.717, 1.165) is 28.7 Å². The molecule has 0 aliphatic heterocycles. The van der Waals surface area contributed by atoms with E-state index in [1.165, 1.54) is 11.9 Å². The first-order valence-electron chi connectivity index (χ1n) is 7.51. The van der Waals surface area contributed by atoms with Crippen LogP contribution in [0, 0.1) is 0 Å². The summed E-state index contributed by atoms with van der Waals surface area (Å²) < 4.78 is 1.92. The highest BCUT2D eigenvalue weighted by Gasteiger charge is 2.23. The van der Waals surface area contributed by atoms with Crippen LogP contribution in [0.1, 0.15) is 33.3 Å². The van der Waals surface area contributed by atoms with Crippen LogP contribution in [0.5, 0.6) is 0 Å². The molecule has 2 heterocycles. The molecule has 0 aliphatic rings. The molecule has 3 aromatic rings. The third kappa shape index (κ3) is 2.32. The van der Waals surface area contributed by atoms with Gasteiger partial charge in [0.25, 0.3) is 0 Å². The van der Waals surface area contributed by atoms with E-state index in [2.05, 4.69) is 61.9 Å². The Balaban J connectivity index is 2.29. The summed E-state index contributed by atoms with van der Waals surface area (Å²) in [5, 5.41) is 5.60. The van der Waals surface area contributed by atoms with E-state index in [-0.39, 0.29) is 5.54 Å². The van der Waals surface area contributed by atoms with Crippen molar-refractivity contribution in [2.45, 2.75) is 39.7 Å². The summed E-state index contributed by atoms with van der Waals surface area (Å²) >= 11 is 0. The van der Waals surface area contributed by atoms with Crippen molar-refractivity contribution in [1.29, 1.82) is 0 Å². The Bertz CT molecular complexity index is 809. The molecule has 0 bridgehead atoms. The Morgan fingerprint density at radius 3 is 2.36 bits per heavy atom. The predicted molar refractivity (Wildman–Crippen MR) is 89.5 cm³/mol. The average molecular weight is 295 g/mol. The van der Waals surface area contributed by atoms with E-state index in [1.54, 1.807) is 0 Å². The summed E-state index contributed by atoms with van der Waals surface area (Å²) in [5.41, 5.74) is 9.87. The number of rotatable bonds is 2. The Morgan fingerprint density at radius 1 is 1.09 bits per heavy atom. The molecule has 0 atom stereocenters. The van der Waals surface area contributed by atoms with Gasteiger partial charge in [-0.1, -0.05) is 31.2 Å². The molecular weight excluding hydrogens is 274 g/mol. The standard InChI is InChI=1S/C17H21N5/c1-5-11-6-8-12(9-7-11)14-13-15(18)19-10-20-16(13)22(21-14)17(2,3)4/h6-10H,5H2,1-4H3,(H2,18,19,20). The molecule has 3 rings (SSSR count). The minimum atomic E-state index is -0.180. The van der Waals surface area contributed by atoms with E-state index in [9.17, 15) is 0 Å².